The van der Waals surface area contributed by atoms with Crippen LogP contribution >= 0.6 is 0 Å². The fourth-order valence-electron chi connectivity index (χ4n) is 0.995. The summed E-state index contributed by atoms with van der Waals surface area (Å²) >= 11 is 0. The molecule has 0 spiro atoms. The first-order chi connectivity index (χ1) is 6.13. The van der Waals surface area contributed by atoms with Crippen LogP contribution in [-0.2, 0) is 19.1 Å². The Labute approximate surface area is 74.6 Å². The standard InChI is InChI=1S/C7H10N2O4/c1-13-6(11)2-4-7(12)8-3-5(10)9-4/h4H,2-3H2,1H3,(H,8,12)(H,9,10)/t4-/m0/s1. The van der Waals surface area contributed by atoms with Crippen LogP contribution in [-0.4, -0.2) is 37.5 Å². The van der Waals surface area contributed by atoms with Crippen LogP contribution in [0.15, 0.2) is 0 Å². The van der Waals surface area contributed by atoms with E-state index < -0.39 is 12.0 Å². The molecule has 0 unspecified atom stereocenters. The number of piperazine rings is 1. The van der Waals surface area contributed by atoms with Gasteiger partial charge in [-0.05, 0) is 0 Å². The summed E-state index contributed by atoms with van der Waals surface area (Å²) < 4.78 is 4.37. The Morgan fingerprint density at radius 2 is 2.31 bits per heavy atom. The number of amides is 2. The van der Waals surface area contributed by atoms with Gasteiger partial charge >= 0.3 is 5.97 Å². The second kappa shape index (κ2) is 3.88. The SMILES string of the molecule is COC(=O)C[C@@H]1NC(=O)CNC1=O. The second-order valence-electron chi connectivity index (χ2n) is 2.62. The molecule has 0 radical (unpaired) electrons. The van der Waals surface area contributed by atoms with Crippen LogP contribution < -0.4 is 10.6 Å². The highest BCUT2D eigenvalue weighted by molar-refractivity contribution is 5.96. The molecule has 2 N–H and O–H groups in total. The lowest BCUT2D eigenvalue weighted by Gasteiger charge is -2.21. The molecular formula is C7H10N2O4. The third-order valence-electron chi connectivity index (χ3n) is 1.67. The molecule has 1 aliphatic rings. The van der Waals surface area contributed by atoms with Crippen LogP contribution in [0.1, 0.15) is 6.42 Å². The van der Waals surface area contributed by atoms with E-state index in [1.807, 2.05) is 0 Å². The molecule has 0 aromatic heterocycles. The van der Waals surface area contributed by atoms with Gasteiger partial charge in [-0.2, -0.15) is 0 Å². The van der Waals surface area contributed by atoms with Crippen LogP contribution in [0.4, 0.5) is 0 Å². The van der Waals surface area contributed by atoms with Gasteiger partial charge in [0, 0.05) is 0 Å². The van der Waals surface area contributed by atoms with Gasteiger partial charge in [-0.1, -0.05) is 0 Å². The molecule has 1 fully saturated rings. The summed E-state index contributed by atoms with van der Waals surface area (Å²) in [6.07, 6.45) is -0.131. The van der Waals surface area contributed by atoms with Gasteiger partial charge in [-0.15, -0.1) is 0 Å². The molecule has 1 aliphatic heterocycles. The molecule has 0 saturated carbocycles. The number of ether oxygens (including phenoxy) is 1. The minimum absolute atomic E-state index is 0.0312. The van der Waals surface area contributed by atoms with Crippen molar-refractivity contribution in [2.75, 3.05) is 13.7 Å². The molecule has 0 aromatic carbocycles. The van der Waals surface area contributed by atoms with Crippen LogP contribution in [0, 0.1) is 0 Å². The van der Waals surface area contributed by atoms with E-state index in [1.54, 1.807) is 0 Å². The summed E-state index contributed by atoms with van der Waals surface area (Å²) in [6, 6.07) is -0.798. The molecule has 1 rings (SSSR count). The normalized spacial score (nSPS) is 21.8. The van der Waals surface area contributed by atoms with E-state index in [9.17, 15) is 14.4 Å². The Morgan fingerprint density at radius 1 is 1.62 bits per heavy atom. The van der Waals surface area contributed by atoms with Crippen molar-refractivity contribution >= 4 is 17.8 Å². The summed E-state index contributed by atoms with van der Waals surface area (Å²) in [5.74, 6) is -1.18. The van der Waals surface area contributed by atoms with E-state index >= 15 is 0 Å². The zero-order chi connectivity index (χ0) is 9.84. The van der Waals surface area contributed by atoms with Crippen molar-refractivity contribution in [2.45, 2.75) is 12.5 Å². The highest BCUT2D eigenvalue weighted by Gasteiger charge is 2.28. The minimum Gasteiger partial charge on any atom is -0.469 e. The summed E-state index contributed by atoms with van der Waals surface area (Å²) in [6.45, 7) is -0.0312. The van der Waals surface area contributed by atoms with Crippen molar-refractivity contribution in [3.05, 3.63) is 0 Å². The first-order valence-electron chi connectivity index (χ1n) is 3.77. The highest BCUT2D eigenvalue weighted by Crippen LogP contribution is 1.97. The topological polar surface area (TPSA) is 84.5 Å². The van der Waals surface area contributed by atoms with E-state index in [4.69, 9.17) is 0 Å². The van der Waals surface area contributed by atoms with Gasteiger partial charge in [0.1, 0.15) is 6.04 Å². The maximum Gasteiger partial charge on any atom is 0.308 e. The first-order valence-corrected chi connectivity index (χ1v) is 3.77. The number of rotatable bonds is 2. The van der Waals surface area contributed by atoms with E-state index in [2.05, 4.69) is 15.4 Å². The summed E-state index contributed by atoms with van der Waals surface area (Å²) in [4.78, 5) is 32.6. The lowest BCUT2D eigenvalue weighted by atomic mass is 10.1. The number of hydrogen-bond donors (Lipinski definition) is 2. The Hall–Kier alpha value is -1.59. The van der Waals surface area contributed by atoms with E-state index in [1.165, 1.54) is 7.11 Å². The Kier molecular flexibility index (Phi) is 2.84. The number of esters is 1. The monoisotopic (exact) mass is 186 g/mol. The van der Waals surface area contributed by atoms with Gasteiger partial charge in [-0.3, -0.25) is 14.4 Å². The quantitative estimate of drug-likeness (QED) is 0.496. The first kappa shape index (κ1) is 9.50. The van der Waals surface area contributed by atoms with Gasteiger partial charge in [0.2, 0.25) is 11.8 Å². The average molecular weight is 186 g/mol. The minimum atomic E-state index is -0.798. The molecule has 72 valence electrons. The summed E-state index contributed by atoms with van der Waals surface area (Å²) in [5, 5.41) is 4.73. The van der Waals surface area contributed by atoms with Crippen LogP contribution in [0.2, 0.25) is 0 Å². The molecule has 0 bridgehead atoms. The third-order valence-corrected chi connectivity index (χ3v) is 1.67. The maximum atomic E-state index is 11.1. The molecule has 1 saturated heterocycles. The molecule has 1 atom stereocenters. The number of carbonyl (C=O) groups is 3. The predicted octanol–water partition coefficient (Wildman–Crippen LogP) is -1.84. The molecule has 1 heterocycles. The van der Waals surface area contributed by atoms with Crippen molar-refractivity contribution in [2.24, 2.45) is 0 Å². The highest BCUT2D eigenvalue weighted by atomic mass is 16.5. The Morgan fingerprint density at radius 3 is 2.92 bits per heavy atom. The molecule has 6 nitrogen and oxygen atoms in total. The van der Waals surface area contributed by atoms with Gasteiger partial charge in [0.15, 0.2) is 0 Å². The molecule has 2 amide bonds. The van der Waals surface area contributed by atoms with E-state index in [0.29, 0.717) is 0 Å². The number of carbonyl (C=O) groups excluding carboxylic acids is 3. The molecule has 13 heavy (non-hydrogen) atoms. The maximum absolute atomic E-state index is 11.1. The smallest absolute Gasteiger partial charge is 0.308 e. The average Bonchev–Trinajstić information content (AvgIpc) is 2.11. The largest absolute Gasteiger partial charge is 0.469 e. The zero-order valence-electron chi connectivity index (χ0n) is 7.12. The summed E-state index contributed by atoms with van der Waals surface area (Å²) in [7, 11) is 1.23. The van der Waals surface area contributed by atoms with Gasteiger partial charge in [0.05, 0.1) is 20.1 Å². The van der Waals surface area contributed by atoms with Crippen molar-refractivity contribution in [3.63, 3.8) is 0 Å². The molecule has 0 aliphatic carbocycles. The van der Waals surface area contributed by atoms with Crippen molar-refractivity contribution in [1.82, 2.24) is 10.6 Å². The van der Waals surface area contributed by atoms with Gasteiger partial charge in [-0.25, -0.2) is 0 Å². The number of hydrogen-bond acceptors (Lipinski definition) is 4. The van der Waals surface area contributed by atoms with Crippen molar-refractivity contribution in [1.29, 1.82) is 0 Å². The fraction of sp³-hybridized carbons (Fsp3) is 0.571. The van der Waals surface area contributed by atoms with E-state index in [0.717, 1.165) is 0 Å². The molecule has 6 heteroatoms. The third kappa shape index (κ3) is 2.43. The fourth-order valence-corrected chi connectivity index (χ4v) is 0.995. The second-order valence-corrected chi connectivity index (χ2v) is 2.62. The van der Waals surface area contributed by atoms with Crippen molar-refractivity contribution < 1.29 is 19.1 Å². The predicted molar refractivity (Wildman–Crippen MR) is 41.6 cm³/mol. The van der Waals surface area contributed by atoms with Crippen LogP contribution in [0.25, 0.3) is 0 Å². The number of methoxy groups -OCH3 is 1. The van der Waals surface area contributed by atoms with Gasteiger partial charge < -0.3 is 15.4 Å². The zero-order valence-corrected chi connectivity index (χ0v) is 7.12. The summed E-state index contributed by atoms with van der Waals surface area (Å²) in [5.41, 5.74) is 0. The Balaban J connectivity index is 2.51. The molecule has 0 aromatic rings. The van der Waals surface area contributed by atoms with E-state index in [-0.39, 0.29) is 24.8 Å². The molecular weight excluding hydrogens is 176 g/mol. The Bertz CT molecular complexity index is 251. The number of nitrogens with one attached hydrogen (secondary N) is 2. The van der Waals surface area contributed by atoms with Crippen LogP contribution in [0.5, 0.6) is 0 Å². The lowest BCUT2D eigenvalue weighted by molar-refractivity contribution is -0.144. The lowest BCUT2D eigenvalue weighted by Crippen LogP contribution is -2.56. The van der Waals surface area contributed by atoms with Crippen molar-refractivity contribution in [3.8, 4) is 0 Å². The van der Waals surface area contributed by atoms with Crippen LogP contribution in [0.3, 0.4) is 0 Å². The van der Waals surface area contributed by atoms with Gasteiger partial charge in [0.25, 0.3) is 0 Å².